The number of halogens is 1. The molecule has 0 aliphatic carbocycles. The van der Waals surface area contributed by atoms with E-state index in [2.05, 4.69) is 17.1 Å². The Labute approximate surface area is 162 Å². The highest BCUT2D eigenvalue weighted by molar-refractivity contribution is 7.99. The van der Waals surface area contributed by atoms with Crippen LogP contribution in [0.4, 0.5) is 0 Å². The van der Waals surface area contributed by atoms with Gasteiger partial charge in [-0.1, -0.05) is 53.2 Å². The number of aryl methyl sites for hydroxylation is 1. The molecule has 3 aromatic rings. The largest absolute Gasteiger partial charge is 0.493 e. The van der Waals surface area contributed by atoms with E-state index in [1.807, 2.05) is 54.1 Å². The first-order valence-corrected chi connectivity index (χ1v) is 9.57. The third kappa shape index (κ3) is 4.93. The van der Waals surface area contributed by atoms with Crippen LogP contribution in [0.5, 0.6) is 11.5 Å². The highest BCUT2D eigenvalue weighted by Crippen LogP contribution is 2.24. The third-order valence-corrected chi connectivity index (χ3v) is 5.02. The Morgan fingerprint density at radius 2 is 1.81 bits per heavy atom. The SMILES string of the molecule is Cc1ccc(OCCSc2nnc(COc3ccccc3Cl)n2C)cc1. The van der Waals surface area contributed by atoms with Gasteiger partial charge in [-0.15, -0.1) is 10.2 Å². The molecule has 0 unspecified atom stereocenters. The zero-order valence-electron chi connectivity index (χ0n) is 14.7. The van der Waals surface area contributed by atoms with Crippen molar-refractivity contribution in [1.29, 1.82) is 0 Å². The molecule has 7 heteroatoms. The summed E-state index contributed by atoms with van der Waals surface area (Å²) in [5.41, 5.74) is 1.22. The summed E-state index contributed by atoms with van der Waals surface area (Å²) in [4.78, 5) is 0. The van der Waals surface area contributed by atoms with E-state index < -0.39 is 0 Å². The molecule has 0 aliphatic heterocycles. The summed E-state index contributed by atoms with van der Waals surface area (Å²) in [6.45, 7) is 2.97. The maximum atomic E-state index is 6.09. The standard InChI is InChI=1S/C19H20ClN3O2S/c1-14-7-9-15(10-8-14)24-11-12-26-19-22-21-18(23(19)2)13-25-17-6-4-3-5-16(17)20/h3-10H,11-13H2,1-2H3. The van der Waals surface area contributed by atoms with E-state index in [1.165, 1.54) is 5.56 Å². The van der Waals surface area contributed by atoms with Crippen LogP contribution in [-0.2, 0) is 13.7 Å². The van der Waals surface area contributed by atoms with Crippen LogP contribution in [0.25, 0.3) is 0 Å². The quantitative estimate of drug-likeness (QED) is 0.418. The Kier molecular flexibility index (Phi) is 6.41. The van der Waals surface area contributed by atoms with Gasteiger partial charge in [-0.25, -0.2) is 0 Å². The molecule has 0 N–H and O–H groups in total. The summed E-state index contributed by atoms with van der Waals surface area (Å²) in [6, 6.07) is 15.4. The summed E-state index contributed by atoms with van der Waals surface area (Å²) in [5, 5.41) is 9.81. The molecule has 0 aliphatic rings. The van der Waals surface area contributed by atoms with Crippen molar-refractivity contribution < 1.29 is 9.47 Å². The van der Waals surface area contributed by atoms with E-state index in [-0.39, 0.29) is 0 Å². The lowest BCUT2D eigenvalue weighted by atomic mass is 10.2. The number of rotatable bonds is 8. The highest BCUT2D eigenvalue weighted by Gasteiger charge is 2.10. The van der Waals surface area contributed by atoms with E-state index in [0.717, 1.165) is 22.5 Å². The second-order valence-electron chi connectivity index (χ2n) is 5.69. The molecule has 5 nitrogen and oxygen atoms in total. The van der Waals surface area contributed by atoms with Crippen molar-refractivity contribution >= 4 is 23.4 Å². The van der Waals surface area contributed by atoms with Gasteiger partial charge < -0.3 is 14.0 Å². The Morgan fingerprint density at radius 1 is 1.04 bits per heavy atom. The molecule has 0 atom stereocenters. The summed E-state index contributed by atoms with van der Waals surface area (Å²) in [7, 11) is 1.93. The van der Waals surface area contributed by atoms with Crippen molar-refractivity contribution in [3.63, 3.8) is 0 Å². The summed E-state index contributed by atoms with van der Waals surface area (Å²) in [6.07, 6.45) is 0. The molecule has 0 saturated carbocycles. The van der Waals surface area contributed by atoms with Crippen molar-refractivity contribution in [2.24, 2.45) is 7.05 Å². The predicted octanol–water partition coefficient (Wildman–Crippen LogP) is 4.53. The molecule has 136 valence electrons. The lowest BCUT2D eigenvalue weighted by Gasteiger charge is -2.08. The number of nitrogens with zero attached hydrogens (tertiary/aromatic N) is 3. The van der Waals surface area contributed by atoms with Crippen molar-refractivity contribution in [2.45, 2.75) is 18.7 Å². The highest BCUT2D eigenvalue weighted by atomic mass is 35.5. The predicted molar refractivity (Wildman–Crippen MR) is 104 cm³/mol. The number of thioether (sulfide) groups is 1. The van der Waals surface area contributed by atoms with Crippen LogP contribution in [-0.4, -0.2) is 27.1 Å². The van der Waals surface area contributed by atoms with Crippen LogP contribution >= 0.6 is 23.4 Å². The Morgan fingerprint density at radius 3 is 2.58 bits per heavy atom. The second-order valence-corrected chi connectivity index (χ2v) is 7.16. The fourth-order valence-electron chi connectivity index (χ4n) is 2.23. The van der Waals surface area contributed by atoms with Crippen molar-refractivity contribution in [3.8, 4) is 11.5 Å². The lowest BCUT2D eigenvalue weighted by molar-refractivity contribution is 0.290. The zero-order valence-corrected chi connectivity index (χ0v) is 16.3. The number of aromatic nitrogens is 3. The van der Waals surface area contributed by atoms with E-state index in [4.69, 9.17) is 21.1 Å². The van der Waals surface area contributed by atoms with Crippen molar-refractivity contribution in [3.05, 3.63) is 64.9 Å². The van der Waals surface area contributed by atoms with E-state index in [9.17, 15) is 0 Å². The molecule has 0 amide bonds. The molecule has 1 heterocycles. The van der Waals surface area contributed by atoms with Crippen molar-refractivity contribution in [2.75, 3.05) is 12.4 Å². The fourth-order valence-corrected chi connectivity index (χ4v) is 3.16. The minimum atomic E-state index is 0.313. The Balaban J connectivity index is 1.47. The molecule has 0 bridgehead atoms. The van der Waals surface area contributed by atoms with Crippen molar-refractivity contribution in [1.82, 2.24) is 14.8 Å². The van der Waals surface area contributed by atoms with Crippen LogP contribution < -0.4 is 9.47 Å². The average molecular weight is 390 g/mol. The Hall–Kier alpha value is -2.18. The van der Waals surface area contributed by atoms with Gasteiger partial charge in [-0.2, -0.15) is 0 Å². The molecule has 0 radical (unpaired) electrons. The number of benzene rings is 2. The first-order valence-electron chi connectivity index (χ1n) is 8.21. The lowest BCUT2D eigenvalue weighted by Crippen LogP contribution is -2.05. The zero-order chi connectivity index (χ0) is 18.4. The molecule has 0 fully saturated rings. The fraction of sp³-hybridized carbons (Fsp3) is 0.263. The van der Waals surface area contributed by atoms with Gasteiger partial charge in [0.1, 0.15) is 18.1 Å². The van der Waals surface area contributed by atoms with E-state index in [0.29, 0.717) is 24.0 Å². The van der Waals surface area contributed by atoms with Crippen LogP contribution in [0.1, 0.15) is 11.4 Å². The number of para-hydroxylation sites is 1. The van der Waals surface area contributed by atoms with Gasteiger partial charge in [0.05, 0.1) is 11.6 Å². The topological polar surface area (TPSA) is 49.2 Å². The maximum absolute atomic E-state index is 6.09. The summed E-state index contributed by atoms with van der Waals surface area (Å²) < 4.78 is 13.4. The summed E-state index contributed by atoms with van der Waals surface area (Å²) in [5.74, 6) is 3.04. The van der Waals surface area contributed by atoms with E-state index in [1.54, 1.807) is 17.8 Å². The van der Waals surface area contributed by atoms with Gasteiger partial charge in [-0.3, -0.25) is 0 Å². The second kappa shape index (κ2) is 8.96. The Bertz CT molecular complexity index is 852. The molecule has 3 rings (SSSR count). The van der Waals surface area contributed by atoms with Gasteiger partial charge in [0.15, 0.2) is 11.0 Å². The van der Waals surface area contributed by atoms with Gasteiger partial charge in [0.25, 0.3) is 0 Å². The number of hydrogen-bond donors (Lipinski definition) is 0. The van der Waals surface area contributed by atoms with Gasteiger partial charge in [0.2, 0.25) is 0 Å². The molecule has 0 saturated heterocycles. The number of ether oxygens (including phenoxy) is 2. The first-order chi connectivity index (χ1) is 12.6. The van der Waals surface area contributed by atoms with E-state index >= 15 is 0 Å². The summed E-state index contributed by atoms with van der Waals surface area (Å²) >= 11 is 7.69. The molecule has 1 aromatic heterocycles. The molecular weight excluding hydrogens is 370 g/mol. The maximum Gasteiger partial charge on any atom is 0.191 e. The minimum Gasteiger partial charge on any atom is -0.493 e. The monoisotopic (exact) mass is 389 g/mol. The third-order valence-electron chi connectivity index (χ3n) is 3.72. The first kappa shape index (κ1) is 18.6. The van der Waals surface area contributed by atoms with Gasteiger partial charge in [-0.05, 0) is 31.2 Å². The normalized spacial score (nSPS) is 10.7. The molecule has 26 heavy (non-hydrogen) atoms. The molecule has 2 aromatic carbocycles. The number of hydrogen-bond acceptors (Lipinski definition) is 5. The van der Waals surface area contributed by atoms with Gasteiger partial charge >= 0.3 is 0 Å². The average Bonchev–Trinajstić information content (AvgIpc) is 2.99. The molecule has 0 spiro atoms. The molecular formula is C19H20ClN3O2S. The van der Waals surface area contributed by atoms with Crippen LogP contribution in [0.15, 0.2) is 53.7 Å². The van der Waals surface area contributed by atoms with Crippen LogP contribution in [0, 0.1) is 6.92 Å². The van der Waals surface area contributed by atoms with Gasteiger partial charge in [0, 0.05) is 12.8 Å². The minimum absolute atomic E-state index is 0.313. The smallest absolute Gasteiger partial charge is 0.191 e. The van der Waals surface area contributed by atoms with Crippen LogP contribution in [0.3, 0.4) is 0 Å². The van der Waals surface area contributed by atoms with Crippen LogP contribution in [0.2, 0.25) is 5.02 Å².